The maximum atomic E-state index is 6.65. The molecule has 0 bridgehead atoms. The smallest absolute Gasteiger partial charge is 0.260 e. The molecule has 7 aromatic carbocycles. The molecule has 0 atom stereocenters. The number of pyridine rings is 2. The van der Waals surface area contributed by atoms with Crippen LogP contribution in [0.1, 0.15) is 0 Å². The first-order valence-corrected chi connectivity index (χ1v) is 18.7. The molecule has 0 spiro atoms. The van der Waals surface area contributed by atoms with Gasteiger partial charge < -0.3 is 14.2 Å². The highest BCUT2D eigenvalue weighted by Crippen LogP contribution is 2.42. The Labute approximate surface area is 324 Å². The predicted molar refractivity (Wildman–Crippen MR) is 225 cm³/mol. The third-order valence-electron chi connectivity index (χ3n) is 10.8. The van der Waals surface area contributed by atoms with Gasteiger partial charge in [-0.3, -0.25) is 4.98 Å². The molecule has 0 radical (unpaired) electrons. The lowest BCUT2D eigenvalue weighted by Crippen LogP contribution is -2.57. The Bertz CT molecular complexity index is 2890. The molecule has 6 heteroatoms. The van der Waals surface area contributed by atoms with E-state index in [0.717, 1.165) is 94.8 Å². The van der Waals surface area contributed by atoms with Gasteiger partial charge in [0, 0.05) is 34.9 Å². The number of ether oxygens (including phenoxy) is 3. The van der Waals surface area contributed by atoms with Crippen LogP contribution in [0.25, 0.3) is 55.4 Å². The van der Waals surface area contributed by atoms with E-state index in [1.165, 1.54) is 0 Å². The molecule has 56 heavy (non-hydrogen) atoms. The van der Waals surface area contributed by atoms with Crippen LogP contribution in [-0.2, 0) is 0 Å². The Hall–Kier alpha value is -7.44. The van der Waals surface area contributed by atoms with Crippen molar-refractivity contribution in [1.29, 1.82) is 0 Å². The van der Waals surface area contributed by atoms with Crippen molar-refractivity contribution in [2.24, 2.45) is 0 Å². The van der Waals surface area contributed by atoms with Crippen LogP contribution >= 0.6 is 0 Å². The standard InChI is InChI=1S/C50H31BN2O3/c1-3-11-32(12-4-1)38-17-9-18-39(33-13-5-2-6-14-33)48(38)35-26-27-52-47(30-35)54-37-22-24-44-42(31-37)51-41-29-36(50-40-16-8-7-15-34(40)25-28-53-50)21-23-43(41)55-45-19-10-20-46(56-44)49(45)51/h1-31H. The lowest BCUT2D eigenvalue weighted by molar-refractivity contribution is 0.454. The largest absolute Gasteiger partial charge is 0.458 e. The molecule has 0 aliphatic carbocycles. The van der Waals surface area contributed by atoms with Gasteiger partial charge in [-0.1, -0.05) is 115 Å². The predicted octanol–water partition coefficient (Wildman–Crippen LogP) is 10.8. The minimum absolute atomic E-state index is 0.155. The highest BCUT2D eigenvalue weighted by Gasteiger charge is 2.40. The molecule has 5 nitrogen and oxygen atoms in total. The second-order valence-corrected chi connectivity index (χ2v) is 14.1. The van der Waals surface area contributed by atoms with Gasteiger partial charge in [0.05, 0.1) is 5.69 Å². The average molecular weight is 719 g/mol. The molecule has 0 N–H and O–H groups in total. The third kappa shape index (κ3) is 5.42. The summed E-state index contributed by atoms with van der Waals surface area (Å²) in [6, 6.07) is 60.4. The molecular weight excluding hydrogens is 687 g/mol. The molecular formula is C50H31BN2O3. The molecule has 2 aromatic heterocycles. The summed E-state index contributed by atoms with van der Waals surface area (Å²) in [7, 11) is 0. The summed E-state index contributed by atoms with van der Waals surface area (Å²) in [6.45, 7) is -0.155. The van der Waals surface area contributed by atoms with Gasteiger partial charge in [0.25, 0.3) is 6.71 Å². The summed E-state index contributed by atoms with van der Waals surface area (Å²) < 4.78 is 19.7. The minimum atomic E-state index is -0.155. The van der Waals surface area contributed by atoms with Crippen molar-refractivity contribution in [3.63, 3.8) is 0 Å². The number of hydrogen-bond donors (Lipinski definition) is 0. The number of fused-ring (bicyclic) bond motifs is 5. The van der Waals surface area contributed by atoms with Gasteiger partial charge >= 0.3 is 0 Å². The van der Waals surface area contributed by atoms with Crippen LogP contribution in [0.5, 0.6) is 34.6 Å². The van der Waals surface area contributed by atoms with Crippen LogP contribution in [0.15, 0.2) is 188 Å². The zero-order valence-corrected chi connectivity index (χ0v) is 30.1. The van der Waals surface area contributed by atoms with E-state index in [1.807, 2.05) is 67.0 Å². The molecule has 2 aliphatic heterocycles. The fourth-order valence-corrected chi connectivity index (χ4v) is 8.30. The van der Waals surface area contributed by atoms with E-state index in [-0.39, 0.29) is 6.71 Å². The summed E-state index contributed by atoms with van der Waals surface area (Å²) in [5, 5.41) is 2.25. The van der Waals surface area contributed by atoms with Gasteiger partial charge in [-0.2, -0.15) is 0 Å². The average Bonchev–Trinajstić information content (AvgIpc) is 3.26. The maximum absolute atomic E-state index is 6.65. The quantitative estimate of drug-likeness (QED) is 0.160. The van der Waals surface area contributed by atoms with E-state index in [9.17, 15) is 0 Å². The summed E-state index contributed by atoms with van der Waals surface area (Å²) in [4.78, 5) is 9.54. The molecule has 4 heterocycles. The minimum Gasteiger partial charge on any atom is -0.458 e. The van der Waals surface area contributed by atoms with Crippen LogP contribution < -0.4 is 30.6 Å². The van der Waals surface area contributed by atoms with E-state index < -0.39 is 0 Å². The van der Waals surface area contributed by atoms with Crippen LogP contribution in [0, 0.1) is 0 Å². The second-order valence-electron chi connectivity index (χ2n) is 14.1. The zero-order chi connectivity index (χ0) is 37.0. The topological polar surface area (TPSA) is 53.5 Å². The Balaban J connectivity index is 1.01. The Morgan fingerprint density at radius 3 is 1.84 bits per heavy atom. The van der Waals surface area contributed by atoms with Crippen LogP contribution in [0.4, 0.5) is 0 Å². The molecule has 2 aliphatic rings. The summed E-state index contributed by atoms with van der Waals surface area (Å²) in [6.07, 6.45) is 3.70. The Morgan fingerprint density at radius 1 is 0.446 bits per heavy atom. The van der Waals surface area contributed by atoms with E-state index >= 15 is 0 Å². The zero-order valence-electron chi connectivity index (χ0n) is 30.1. The summed E-state index contributed by atoms with van der Waals surface area (Å²) >= 11 is 0. The molecule has 0 fully saturated rings. The van der Waals surface area contributed by atoms with E-state index in [0.29, 0.717) is 11.6 Å². The molecule has 0 unspecified atom stereocenters. The monoisotopic (exact) mass is 718 g/mol. The van der Waals surface area contributed by atoms with Crippen molar-refractivity contribution in [1.82, 2.24) is 9.97 Å². The van der Waals surface area contributed by atoms with Gasteiger partial charge in [-0.15, -0.1) is 0 Å². The lowest BCUT2D eigenvalue weighted by Gasteiger charge is -2.33. The van der Waals surface area contributed by atoms with Crippen molar-refractivity contribution < 1.29 is 14.2 Å². The number of benzene rings is 7. The molecule has 0 saturated heterocycles. The van der Waals surface area contributed by atoms with Crippen LogP contribution in [0.3, 0.4) is 0 Å². The van der Waals surface area contributed by atoms with E-state index in [1.54, 1.807) is 0 Å². The molecule has 11 rings (SSSR count). The van der Waals surface area contributed by atoms with E-state index in [2.05, 4.69) is 121 Å². The van der Waals surface area contributed by atoms with Crippen molar-refractivity contribution in [2.45, 2.75) is 0 Å². The maximum Gasteiger partial charge on any atom is 0.260 e. The number of rotatable bonds is 6. The first-order valence-electron chi connectivity index (χ1n) is 18.7. The van der Waals surface area contributed by atoms with Crippen molar-refractivity contribution >= 4 is 33.9 Å². The number of nitrogens with zero attached hydrogens (tertiary/aromatic N) is 2. The SMILES string of the molecule is c1ccc(-c2cccc(-c3ccccc3)c2-c2ccnc(Oc3ccc4c(c3)B3c5cc(-c6nccc7ccccc67)ccc5Oc5cccc(c53)O4)c2)cc1. The van der Waals surface area contributed by atoms with Gasteiger partial charge in [-0.25, -0.2) is 4.98 Å². The van der Waals surface area contributed by atoms with Crippen LogP contribution in [0.2, 0.25) is 0 Å². The summed E-state index contributed by atoms with van der Waals surface area (Å²) in [5.41, 5.74) is 11.7. The first kappa shape index (κ1) is 32.0. The van der Waals surface area contributed by atoms with Gasteiger partial charge in [0.15, 0.2) is 0 Å². The van der Waals surface area contributed by atoms with Gasteiger partial charge in [0.1, 0.15) is 28.7 Å². The highest BCUT2D eigenvalue weighted by molar-refractivity contribution is 6.98. The number of hydrogen-bond acceptors (Lipinski definition) is 5. The molecule has 9 aromatic rings. The lowest BCUT2D eigenvalue weighted by atomic mass is 9.34. The third-order valence-corrected chi connectivity index (χ3v) is 10.8. The molecule has 0 saturated carbocycles. The first-order chi connectivity index (χ1) is 27.7. The van der Waals surface area contributed by atoms with Gasteiger partial charge in [-0.05, 0) is 104 Å². The Kier molecular flexibility index (Phi) is 7.52. The Morgan fingerprint density at radius 2 is 1.09 bits per heavy atom. The normalized spacial score (nSPS) is 12.2. The van der Waals surface area contributed by atoms with Crippen molar-refractivity contribution in [3.05, 3.63) is 188 Å². The van der Waals surface area contributed by atoms with Crippen molar-refractivity contribution in [3.8, 4) is 79.3 Å². The van der Waals surface area contributed by atoms with Gasteiger partial charge in [0.2, 0.25) is 5.88 Å². The second kappa shape index (κ2) is 13.1. The fraction of sp³-hybridized carbons (Fsp3) is 0. The fourth-order valence-electron chi connectivity index (χ4n) is 8.30. The number of aromatic nitrogens is 2. The van der Waals surface area contributed by atoms with Crippen LogP contribution in [-0.4, -0.2) is 16.7 Å². The van der Waals surface area contributed by atoms with Crippen molar-refractivity contribution in [2.75, 3.05) is 0 Å². The van der Waals surface area contributed by atoms with E-state index in [4.69, 9.17) is 24.2 Å². The molecule has 262 valence electrons. The highest BCUT2D eigenvalue weighted by atomic mass is 16.5. The molecule has 0 amide bonds. The summed E-state index contributed by atoms with van der Waals surface area (Å²) in [5.74, 6) is 4.32.